The van der Waals surface area contributed by atoms with Crippen LogP contribution in [0.25, 0.3) is 0 Å². The van der Waals surface area contributed by atoms with Crippen LogP contribution < -0.4 is 5.73 Å². The Morgan fingerprint density at radius 1 is 1.27 bits per heavy atom. The highest BCUT2D eigenvalue weighted by molar-refractivity contribution is 4.82. The molecule has 1 aliphatic carbocycles. The minimum atomic E-state index is 0.440. The lowest BCUT2D eigenvalue weighted by atomic mass is 9.92. The molecule has 1 aliphatic rings. The van der Waals surface area contributed by atoms with Gasteiger partial charge in [-0.25, -0.2) is 0 Å². The summed E-state index contributed by atoms with van der Waals surface area (Å²) in [5.74, 6) is 0.718. The van der Waals surface area contributed by atoms with Crippen LogP contribution in [0.2, 0.25) is 0 Å². The fourth-order valence-corrected chi connectivity index (χ4v) is 1.92. The molecule has 0 aliphatic heterocycles. The van der Waals surface area contributed by atoms with E-state index in [0.29, 0.717) is 6.04 Å². The Morgan fingerprint density at radius 3 is 2.73 bits per heavy atom. The van der Waals surface area contributed by atoms with E-state index in [-0.39, 0.29) is 0 Å². The SMILES string of the molecule is C=CC[C@@H]1CCCCC[C@H]1N. The molecule has 1 heteroatoms. The van der Waals surface area contributed by atoms with E-state index in [1.54, 1.807) is 0 Å². The maximum atomic E-state index is 6.02. The number of rotatable bonds is 2. The molecule has 2 N–H and O–H groups in total. The van der Waals surface area contributed by atoms with E-state index in [2.05, 4.69) is 6.58 Å². The fraction of sp³-hybridized carbons (Fsp3) is 0.800. The van der Waals surface area contributed by atoms with E-state index in [4.69, 9.17) is 5.73 Å². The third kappa shape index (κ3) is 2.66. The molecule has 11 heavy (non-hydrogen) atoms. The second-order valence-corrected chi connectivity index (χ2v) is 3.59. The Hall–Kier alpha value is -0.300. The van der Waals surface area contributed by atoms with Gasteiger partial charge in [-0.3, -0.25) is 0 Å². The summed E-state index contributed by atoms with van der Waals surface area (Å²) in [5.41, 5.74) is 6.02. The van der Waals surface area contributed by atoms with Gasteiger partial charge < -0.3 is 5.73 Å². The maximum absolute atomic E-state index is 6.02. The second-order valence-electron chi connectivity index (χ2n) is 3.59. The lowest BCUT2D eigenvalue weighted by molar-refractivity contribution is 0.402. The van der Waals surface area contributed by atoms with E-state index in [1.807, 2.05) is 6.08 Å². The van der Waals surface area contributed by atoms with E-state index >= 15 is 0 Å². The lowest BCUT2D eigenvalue weighted by Crippen LogP contribution is -2.28. The van der Waals surface area contributed by atoms with Gasteiger partial charge in [0.05, 0.1) is 0 Å². The molecule has 1 fully saturated rings. The summed E-state index contributed by atoms with van der Waals surface area (Å²) in [7, 11) is 0. The highest BCUT2D eigenvalue weighted by Gasteiger charge is 2.18. The monoisotopic (exact) mass is 153 g/mol. The zero-order valence-electron chi connectivity index (χ0n) is 7.26. The van der Waals surface area contributed by atoms with E-state index in [0.717, 1.165) is 12.3 Å². The first-order chi connectivity index (χ1) is 5.34. The maximum Gasteiger partial charge on any atom is 0.00701 e. The topological polar surface area (TPSA) is 26.0 Å². The van der Waals surface area contributed by atoms with Gasteiger partial charge in [0.15, 0.2) is 0 Å². The average Bonchev–Trinajstić information content (AvgIpc) is 2.18. The molecule has 1 saturated carbocycles. The highest BCUT2D eigenvalue weighted by Crippen LogP contribution is 2.24. The van der Waals surface area contributed by atoms with Crippen LogP contribution in [0.15, 0.2) is 12.7 Å². The normalized spacial score (nSPS) is 32.8. The van der Waals surface area contributed by atoms with Crippen LogP contribution in [0.1, 0.15) is 38.5 Å². The minimum absolute atomic E-state index is 0.440. The van der Waals surface area contributed by atoms with Crippen LogP contribution in [0.4, 0.5) is 0 Å². The number of hydrogen-bond donors (Lipinski definition) is 1. The molecule has 2 atom stereocenters. The highest BCUT2D eigenvalue weighted by atomic mass is 14.6. The molecule has 0 amide bonds. The van der Waals surface area contributed by atoms with Crippen molar-refractivity contribution in [2.45, 2.75) is 44.6 Å². The second kappa shape index (κ2) is 4.55. The van der Waals surface area contributed by atoms with Crippen molar-refractivity contribution in [2.75, 3.05) is 0 Å². The number of allylic oxidation sites excluding steroid dienone is 1. The Balaban J connectivity index is 2.38. The van der Waals surface area contributed by atoms with Crippen molar-refractivity contribution in [1.82, 2.24) is 0 Å². The van der Waals surface area contributed by atoms with Gasteiger partial charge in [0.25, 0.3) is 0 Å². The van der Waals surface area contributed by atoms with Crippen molar-refractivity contribution in [1.29, 1.82) is 0 Å². The van der Waals surface area contributed by atoms with Crippen LogP contribution in [0.3, 0.4) is 0 Å². The van der Waals surface area contributed by atoms with Crippen molar-refractivity contribution in [3.63, 3.8) is 0 Å². The molecule has 0 aromatic carbocycles. The molecule has 0 heterocycles. The predicted octanol–water partition coefficient (Wildman–Crippen LogP) is 2.47. The van der Waals surface area contributed by atoms with Gasteiger partial charge in [-0.15, -0.1) is 6.58 Å². The van der Waals surface area contributed by atoms with Crippen LogP contribution in [0, 0.1) is 5.92 Å². The Kier molecular flexibility index (Phi) is 3.64. The smallest absolute Gasteiger partial charge is 0.00701 e. The van der Waals surface area contributed by atoms with Gasteiger partial charge in [0.1, 0.15) is 0 Å². The molecule has 0 aromatic rings. The summed E-state index contributed by atoms with van der Waals surface area (Å²) >= 11 is 0. The first-order valence-corrected chi connectivity index (χ1v) is 4.71. The molecule has 64 valence electrons. The van der Waals surface area contributed by atoms with Crippen molar-refractivity contribution in [3.05, 3.63) is 12.7 Å². The number of nitrogens with two attached hydrogens (primary N) is 1. The summed E-state index contributed by atoms with van der Waals surface area (Å²) < 4.78 is 0. The number of hydrogen-bond acceptors (Lipinski definition) is 1. The van der Waals surface area contributed by atoms with Crippen molar-refractivity contribution in [3.8, 4) is 0 Å². The first kappa shape index (κ1) is 8.79. The minimum Gasteiger partial charge on any atom is -0.327 e. The third-order valence-electron chi connectivity index (χ3n) is 2.69. The summed E-state index contributed by atoms with van der Waals surface area (Å²) in [6.07, 6.45) is 9.73. The van der Waals surface area contributed by atoms with Crippen molar-refractivity contribution >= 4 is 0 Å². The largest absolute Gasteiger partial charge is 0.327 e. The zero-order chi connectivity index (χ0) is 8.10. The Bertz CT molecular complexity index is 120. The predicted molar refractivity (Wildman–Crippen MR) is 49.4 cm³/mol. The fourth-order valence-electron chi connectivity index (χ4n) is 1.92. The Morgan fingerprint density at radius 2 is 2.00 bits per heavy atom. The van der Waals surface area contributed by atoms with Crippen LogP contribution in [0.5, 0.6) is 0 Å². The molecule has 1 rings (SSSR count). The molecule has 0 bridgehead atoms. The van der Waals surface area contributed by atoms with E-state index in [1.165, 1.54) is 32.1 Å². The molecule has 0 saturated heterocycles. The average molecular weight is 153 g/mol. The van der Waals surface area contributed by atoms with Crippen molar-refractivity contribution < 1.29 is 0 Å². The third-order valence-corrected chi connectivity index (χ3v) is 2.69. The Labute approximate surface area is 69.7 Å². The van der Waals surface area contributed by atoms with Gasteiger partial charge >= 0.3 is 0 Å². The van der Waals surface area contributed by atoms with Gasteiger partial charge in [0.2, 0.25) is 0 Å². The van der Waals surface area contributed by atoms with Gasteiger partial charge in [-0.1, -0.05) is 25.3 Å². The molecule has 0 unspecified atom stereocenters. The summed E-state index contributed by atoms with van der Waals surface area (Å²) in [6.45, 7) is 3.76. The summed E-state index contributed by atoms with van der Waals surface area (Å²) in [6, 6.07) is 0.440. The van der Waals surface area contributed by atoms with Gasteiger partial charge in [-0.05, 0) is 25.2 Å². The summed E-state index contributed by atoms with van der Waals surface area (Å²) in [5, 5.41) is 0. The molecule has 1 nitrogen and oxygen atoms in total. The lowest BCUT2D eigenvalue weighted by Gasteiger charge is -2.18. The standard InChI is InChI=1S/C10H19N/c1-2-6-9-7-4-3-5-8-10(9)11/h2,9-10H,1,3-8,11H2/t9-,10-/m1/s1. The quantitative estimate of drug-likeness (QED) is 0.478. The molecule has 0 spiro atoms. The van der Waals surface area contributed by atoms with Crippen LogP contribution >= 0.6 is 0 Å². The van der Waals surface area contributed by atoms with Gasteiger partial charge in [0, 0.05) is 6.04 Å². The summed E-state index contributed by atoms with van der Waals surface area (Å²) in [4.78, 5) is 0. The molecular formula is C10H19N. The molecule has 0 radical (unpaired) electrons. The zero-order valence-corrected chi connectivity index (χ0v) is 7.26. The molecule has 0 aromatic heterocycles. The van der Waals surface area contributed by atoms with Crippen molar-refractivity contribution in [2.24, 2.45) is 11.7 Å². The van der Waals surface area contributed by atoms with E-state index in [9.17, 15) is 0 Å². The van der Waals surface area contributed by atoms with Gasteiger partial charge in [-0.2, -0.15) is 0 Å². The van der Waals surface area contributed by atoms with E-state index < -0.39 is 0 Å². The molecular weight excluding hydrogens is 134 g/mol. The van der Waals surface area contributed by atoms with Crippen LogP contribution in [-0.4, -0.2) is 6.04 Å². The first-order valence-electron chi connectivity index (χ1n) is 4.71. The van der Waals surface area contributed by atoms with Crippen LogP contribution in [-0.2, 0) is 0 Å².